The molecule has 0 bridgehead atoms. The first kappa shape index (κ1) is 27.5. The zero-order valence-electron chi connectivity index (χ0n) is 18.7. The van der Waals surface area contributed by atoms with Crippen molar-refractivity contribution in [2.24, 2.45) is 0 Å². The Morgan fingerprint density at radius 1 is 1.09 bits per heavy atom. The Labute approximate surface area is 207 Å². The average molecular weight is 552 g/mol. The number of hydrogen-bond donors (Lipinski definition) is 1. The van der Waals surface area contributed by atoms with Gasteiger partial charge in [0, 0.05) is 24.1 Å². The monoisotopic (exact) mass is 551 g/mol. The fourth-order valence-electron chi connectivity index (χ4n) is 4.10. The predicted molar refractivity (Wildman–Crippen MR) is 124 cm³/mol. The second-order valence-corrected chi connectivity index (χ2v) is 12.1. The Morgan fingerprint density at radius 3 is 2.31 bits per heavy atom. The molecule has 0 amide bonds. The van der Waals surface area contributed by atoms with Crippen LogP contribution in [0.15, 0.2) is 47.4 Å². The van der Waals surface area contributed by atoms with Crippen molar-refractivity contribution >= 4 is 37.7 Å². The maximum absolute atomic E-state index is 14.9. The van der Waals surface area contributed by atoms with E-state index in [9.17, 15) is 30.4 Å². The molecule has 0 aromatic heterocycles. The van der Waals surface area contributed by atoms with E-state index in [2.05, 4.69) is 9.46 Å². The number of carbonyl (C=O) groups is 1. The lowest BCUT2D eigenvalue weighted by atomic mass is 9.81. The van der Waals surface area contributed by atoms with Crippen molar-refractivity contribution in [1.29, 1.82) is 0 Å². The molecule has 1 fully saturated rings. The zero-order valence-corrected chi connectivity index (χ0v) is 21.1. The number of rotatable bonds is 9. The Hall–Kier alpha value is -2.12. The molecular weight excluding hydrogens is 528 g/mol. The van der Waals surface area contributed by atoms with Crippen molar-refractivity contribution in [3.63, 3.8) is 0 Å². The highest BCUT2D eigenvalue weighted by Crippen LogP contribution is 2.48. The Bertz CT molecular complexity index is 1280. The van der Waals surface area contributed by atoms with E-state index in [-0.39, 0.29) is 49.3 Å². The third-order valence-corrected chi connectivity index (χ3v) is 9.63. The molecule has 2 aromatic rings. The first-order chi connectivity index (χ1) is 16.4. The lowest BCUT2D eigenvalue weighted by molar-refractivity contribution is -0.140. The van der Waals surface area contributed by atoms with Gasteiger partial charge in [0.25, 0.3) is 0 Å². The smallest absolute Gasteiger partial charge is 0.336 e. The van der Waals surface area contributed by atoms with Crippen molar-refractivity contribution < 1.29 is 39.3 Å². The molecule has 0 atom stereocenters. The number of halogens is 3. The van der Waals surface area contributed by atoms with E-state index in [1.165, 1.54) is 31.2 Å². The van der Waals surface area contributed by atoms with Crippen LogP contribution < -0.4 is 4.72 Å². The highest BCUT2D eigenvalue weighted by Gasteiger charge is 2.50. The molecular formula is C22H24ClF2NO7S2. The quantitative estimate of drug-likeness (QED) is 0.373. The molecule has 0 heterocycles. The van der Waals surface area contributed by atoms with E-state index < -0.39 is 48.6 Å². The standard InChI is InChI=1S/C22H24ClF2NO7S2/c1-15(27)32-13-12-26-35(30,31)33-18-8-10-22(11-9-18,20-14-17(24)4-7-21(20)25)34(28,29)19-5-2-16(23)3-6-19/h2-7,14,18,26H,8-13H2,1H3/t18-,22+. The van der Waals surface area contributed by atoms with Crippen LogP contribution in [0.5, 0.6) is 0 Å². The lowest BCUT2D eigenvalue weighted by Crippen LogP contribution is -2.43. The Kier molecular flexibility index (Phi) is 8.53. The summed E-state index contributed by atoms with van der Waals surface area (Å²) >= 11 is 5.88. The fraction of sp³-hybridized carbons (Fsp3) is 0.409. The summed E-state index contributed by atoms with van der Waals surface area (Å²) in [6, 6.07) is 7.96. The molecule has 13 heteroatoms. The Balaban J connectivity index is 1.86. The normalized spacial score (nSPS) is 21.0. The number of esters is 1. The van der Waals surface area contributed by atoms with E-state index in [0.717, 1.165) is 18.2 Å². The molecule has 8 nitrogen and oxygen atoms in total. The van der Waals surface area contributed by atoms with Crippen LogP contribution in [0.25, 0.3) is 0 Å². The molecule has 2 aromatic carbocycles. The summed E-state index contributed by atoms with van der Waals surface area (Å²) in [5.74, 6) is -2.26. The van der Waals surface area contributed by atoms with Gasteiger partial charge in [-0.2, -0.15) is 13.1 Å². The van der Waals surface area contributed by atoms with Crippen LogP contribution in [0.2, 0.25) is 5.02 Å². The largest absolute Gasteiger partial charge is 0.464 e. The molecule has 3 rings (SSSR count). The van der Waals surface area contributed by atoms with Crippen molar-refractivity contribution in [3.05, 3.63) is 64.7 Å². The molecule has 0 saturated heterocycles. The lowest BCUT2D eigenvalue weighted by Gasteiger charge is -2.39. The number of carbonyl (C=O) groups excluding carboxylic acids is 1. The topological polar surface area (TPSA) is 116 Å². The van der Waals surface area contributed by atoms with Gasteiger partial charge < -0.3 is 4.74 Å². The van der Waals surface area contributed by atoms with Gasteiger partial charge in [0.1, 0.15) is 23.0 Å². The third kappa shape index (κ3) is 6.36. The van der Waals surface area contributed by atoms with Gasteiger partial charge in [0.2, 0.25) is 0 Å². The maximum Gasteiger partial charge on any atom is 0.336 e. The van der Waals surface area contributed by atoms with Gasteiger partial charge in [-0.15, -0.1) is 0 Å². The van der Waals surface area contributed by atoms with Gasteiger partial charge in [-0.1, -0.05) is 11.6 Å². The maximum atomic E-state index is 14.9. The second kappa shape index (κ2) is 10.9. The van der Waals surface area contributed by atoms with E-state index in [0.29, 0.717) is 5.02 Å². The molecule has 35 heavy (non-hydrogen) atoms. The van der Waals surface area contributed by atoms with Gasteiger partial charge >= 0.3 is 16.3 Å². The van der Waals surface area contributed by atoms with Crippen LogP contribution in [0.3, 0.4) is 0 Å². The van der Waals surface area contributed by atoms with E-state index in [4.69, 9.17) is 15.8 Å². The van der Waals surface area contributed by atoms with Gasteiger partial charge in [0.15, 0.2) is 9.84 Å². The number of hydrogen-bond acceptors (Lipinski definition) is 7. The number of nitrogens with one attached hydrogen (secondary N) is 1. The van der Waals surface area contributed by atoms with Crippen molar-refractivity contribution in [1.82, 2.24) is 4.72 Å². The summed E-state index contributed by atoms with van der Waals surface area (Å²) in [4.78, 5) is 10.7. The molecule has 0 spiro atoms. The molecule has 0 aliphatic heterocycles. The molecule has 1 aliphatic carbocycles. The molecule has 1 aliphatic rings. The highest BCUT2D eigenvalue weighted by atomic mass is 35.5. The van der Waals surface area contributed by atoms with Crippen LogP contribution in [0.1, 0.15) is 38.2 Å². The van der Waals surface area contributed by atoms with Crippen LogP contribution in [0.4, 0.5) is 8.78 Å². The molecule has 192 valence electrons. The van der Waals surface area contributed by atoms with E-state index in [1.54, 1.807) is 0 Å². The summed E-state index contributed by atoms with van der Waals surface area (Å²) in [5.41, 5.74) is -0.326. The first-order valence-corrected chi connectivity index (χ1v) is 13.9. The summed E-state index contributed by atoms with van der Waals surface area (Å²) in [5, 5.41) is 0.304. The van der Waals surface area contributed by atoms with Crippen LogP contribution in [-0.2, 0) is 38.6 Å². The highest BCUT2D eigenvalue weighted by molar-refractivity contribution is 7.92. The number of sulfone groups is 1. The molecule has 0 radical (unpaired) electrons. The van der Waals surface area contributed by atoms with Gasteiger partial charge in [-0.3, -0.25) is 8.98 Å². The fourth-order valence-corrected chi connectivity index (χ4v) is 7.34. The second-order valence-electron chi connectivity index (χ2n) is 8.06. The van der Waals surface area contributed by atoms with Crippen molar-refractivity contribution in [2.45, 2.75) is 48.4 Å². The minimum Gasteiger partial charge on any atom is -0.464 e. The minimum atomic E-state index is -4.26. The summed E-state index contributed by atoms with van der Waals surface area (Å²) in [6.07, 6.45) is -1.45. The summed E-state index contributed by atoms with van der Waals surface area (Å²) in [6.45, 7) is 0.778. The van der Waals surface area contributed by atoms with Crippen LogP contribution >= 0.6 is 11.6 Å². The minimum absolute atomic E-state index is 0.0619. The molecule has 1 N–H and O–H groups in total. The molecule has 1 saturated carbocycles. The summed E-state index contributed by atoms with van der Waals surface area (Å²) < 4.78 is 91.0. The third-order valence-electron chi connectivity index (χ3n) is 5.75. The van der Waals surface area contributed by atoms with E-state index in [1.807, 2.05) is 0 Å². The SMILES string of the molecule is CC(=O)OCCNS(=O)(=O)O[C@H]1CC[C@@](c2cc(F)ccc2F)(S(=O)(=O)c2ccc(Cl)cc2)CC1. The average Bonchev–Trinajstić information content (AvgIpc) is 2.79. The van der Waals surface area contributed by atoms with Crippen molar-refractivity contribution in [2.75, 3.05) is 13.2 Å². The van der Waals surface area contributed by atoms with Gasteiger partial charge in [-0.25, -0.2) is 17.2 Å². The van der Waals surface area contributed by atoms with Crippen molar-refractivity contribution in [3.8, 4) is 0 Å². The van der Waals surface area contributed by atoms with Gasteiger partial charge in [0.05, 0.1) is 11.0 Å². The molecule has 0 unspecified atom stereocenters. The predicted octanol–water partition coefficient (Wildman–Crippen LogP) is 3.64. The van der Waals surface area contributed by atoms with Gasteiger partial charge in [-0.05, 0) is 68.1 Å². The summed E-state index contributed by atoms with van der Waals surface area (Å²) in [7, 11) is -8.49. The van der Waals surface area contributed by atoms with Crippen LogP contribution in [0, 0.1) is 11.6 Å². The zero-order chi connectivity index (χ0) is 25.9. The Morgan fingerprint density at radius 2 is 1.71 bits per heavy atom. The van der Waals surface area contributed by atoms with Crippen LogP contribution in [-0.4, -0.2) is 42.1 Å². The number of ether oxygens (including phenoxy) is 1. The first-order valence-electron chi connectivity index (χ1n) is 10.6. The number of benzene rings is 2. The van der Waals surface area contributed by atoms with E-state index >= 15 is 0 Å².